The first-order valence-corrected chi connectivity index (χ1v) is 13.2. The number of ether oxygens (including phenoxy) is 2. The molecule has 0 radical (unpaired) electrons. The molecule has 1 amide bonds. The molecule has 0 spiro atoms. The van der Waals surface area contributed by atoms with Gasteiger partial charge in [0.05, 0.1) is 6.61 Å². The highest BCUT2D eigenvalue weighted by atomic mass is 16.5. The van der Waals surface area contributed by atoms with Gasteiger partial charge in [-0.3, -0.25) is 4.79 Å². The number of anilines is 1. The summed E-state index contributed by atoms with van der Waals surface area (Å²) in [6.45, 7) is 11.3. The molecule has 2 aliphatic heterocycles. The molecular formula is C29H39N3O5. The highest BCUT2D eigenvalue weighted by molar-refractivity contribution is 5.94. The lowest BCUT2D eigenvalue weighted by atomic mass is 9.84. The maximum Gasteiger partial charge on any atom is 0.341 e. The maximum atomic E-state index is 12.9. The van der Waals surface area contributed by atoms with Crippen LogP contribution < -0.4 is 14.4 Å². The molecule has 0 aliphatic carbocycles. The van der Waals surface area contributed by atoms with E-state index >= 15 is 0 Å². The summed E-state index contributed by atoms with van der Waals surface area (Å²) in [4.78, 5) is 30.2. The Labute approximate surface area is 219 Å². The Morgan fingerprint density at radius 2 is 1.54 bits per heavy atom. The van der Waals surface area contributed by atoms with Crippen LogP contribution in [0.4, 0.5) is 5.69 Å². The molecule has 2 aromatic rings. The first-order chi connectivity index (χ1) is 17.8. The fraction of sp³-hybridized carbons (Fsp3) is 0.517. The second kappa shape index (κ2) is 12.3. The first kappa shape index (κ1) is 26.8. The molecule has 37 heavy (non-hydrogen) atoms. The average molecular weight is 510 g/mol. The van der Waals surface area contributed by atoms with E-state index in [0.29, 0.717) is 29.8 Å². The number of carboxylic acid groups (broad SMARTS) is 1. The molecule has 2 aromatic carbocycles. The summed E-state index contributed by atoms with van der Waals surface area (Å²) in [5.74, 6) is 0.267. The lowest BCUT2D eigenvalue weighted by Crippen LogP contribution is -2.48. The molecule has 0 unspecified atom stereocenters. The van der Waals surface area contributed by atoms with Crippen LogP contribution in [0.5, 0.6) is 11.5 Å². The van der Waals surface area contributed by atoms with Crippen LogP contribution in [0, 0.1) is 5.41 Å². The molecule has 2 saturated heterocycles. The standard InChI is InChI=1S/C29H39N3O5/c1-29(2)13-3-14-30(22-29)15-4-20-36-25-11-7-24(8-12-25)31-16-18-32(19-17-31)28(35)23-5-9-26(10-6-23)37-21-27(33)34/h5-12H,3-4,13-22H2,1-2H3,(H,33,34). The van der Waals surface area contributed by atoms with E-state index in [4.69, 9.17) is 14.6 Å². The minimum absolute atomic E-state index is 0.0266. The van der Waals surface area contributed by atoms with Gasteiger partial charge in [0.1, 0.15) is 11.5 Å². The third-order valence-electron chi connectivity index (χ3n) is 7.10. The summed E-state index contributed by atoms with van der Waals surface area (Å²) >= 11 is 0. The lowest BCUT2D eigenvalue weighted by Gasteiger charge is -2.38. The molecule has 0 bridgehead atoms. The van der Waals surface area contributed by atoms with E-state index in [9.17, 15) is 9.59 Å². The van der Waals surface area contributed by atoms with E-state index in [0.717, 1.165) is 44.1 Å². The van der Waals surface area contributed by atoms with Gasteiger partial charge in [0.25, 0.3) is 5.91 Å². The van der Waals surface area contributed by atoms with Crippen molar-refractivity contribution in [2.24, 2.45) is 5.41 Å². The lowest BCUT2D eigenvalue weighted by molar-refractivity contribution is -0.139. The third kappa shape index (κ3) is 7.86. The number of hydrogen-bond donors (Lipinski definition) is 1. The van der Waals surface area contributed by atoms with Crippen LogP contribution in [0.2, 0.25) is 0 Å². The number of amides is 1. The van der Waals surface area contributed by atoms with Gasteiger partial charge >= 0.3 is 5.97 Å². The van der Waals surface area contributed by atoms with Gasteiger partial charge in [0, 0.05) is 50.5 Å². The molecule has 2 heterocycles. The van der Waals surface area contributed by atoms with Gasteiger partial charge < -0.3 is 29.3 Å². The minimum atomic E-state index is -1.03. The molecule has 0 saturated carbocycles. The van der Waals surface area contributed by atoms with Gasteiger partial charge in [0.2, 0.25) is 0 Å². The van der Waals surface area contributed by atoms with E-state index in [1.807, 2.05) is 17.0 Å². The van der Waals surface area contributed by atoms with Crippen molar-refractivity contribution < 1.29 is 24.2 Å². The average Bonchev–Trinajstić information content (AvgIpc) is 2.90. The van der Waals surface area contributed by atoms with E-state index < -0.39 is 12.6 Å². The number of benzene rings is 2. The molecular weight excluding hydrogens is 470 g/mol. The number of carbonyl (C=O) groups excluding carboxylic acids is 1. The SMILES string of the molecule is CC1(C)CCCN(CCCOc2ccc(N3CCN(C(=O)c4ccc(OCC(=O)O)cc4)CC3)cc2)C1. The molecule has 2 aliphatic rings. The van der Waals surface area contributed by atoms with Gasteiger partial charge in [-0.25, -0.2) is 4.79 Å². The predicted octanol–water partition coefficient (Wildman–Crippen LogP) is 4.00. The number of carbonyl (C=O) groups is 2. The molecule has 1 N–H and O–H groups in total. The third-order valence-corrected chi connectivity index (χ3v) is 7.10. The molecule has 8 heteroatoms. The first-order valence-electron chi connectivity index (χ1n) is 13.2. The maximum absolute atomic E-state index is 12.9. The number of hydrogen-bond acceptors (Lipinski definition) is 6. The normalized spacial score (nSPS) is 17.9. The van der Waals surface area contributed by atoms with Gasteiger partial charge in [-0.2, -0.15) is 0 Å². The van der Waals surface area contributed by atoms with E-state index in [1.165, 1.54) is 25.9 Å². The summed E-state index contributed by atoms with van der Waals surface area (Å²) < 4.78 is 11.1. The van der Waals surface area contributed by atoms with Crippen LogP contribution in [0.25, 0.3) is 0 Å². The number of carboxylic acids is 1. The van der Waals surface area contributed by atoms with Crippen LogP contribution in [0.3, 0.4) is 0 Å². The van der Waals surface area contributed by atoms with Crippen molar-refractivity contribution in [1.29, 1.82) is 0 Å². The number of likely N-dealkylation sites (tertiary alicyclic amines) is 1. The van der Waals surface area contributed by atoms with Crippen LogP contribution in [0.1, 0.15) is 43.5 Å². The quantitative estimate of drug-likeness (QED) is 0.485. The Kier molecular flexibility index (Phi) is 8.92. The van der Waals surface area contributed by atoms with Crippen molar-refractivity contribution >= 4 is 17.6 Å². The Morgan fingerprint density at radius 1 is 0.892 bits per heavy atom. The summed E-state index contributed by atoms with van der Waals surface area (Å²) in [5, 5.41) is 8.71. The predicted molar refractivity (Wildman–Crippen MR) is 144 cm³/mol. The monoisotopic (exact) mass is 509 g/mol. The zero-order valence-corrected chi connectivity index (χ0v) is 22.0. The second-order valence-corrected chi connectivity index (χ2v) is 10.7. The summed E-state index contributed by atoms with van der Waals surface area (Å²) in [6.07, 6.45) is 3.64. The van der Waals surface area contributed by atoms with Crippen LogP contribution >= 0.6 is 0 Å². The topological polar surface area (TPSA) is 82.5 Å². The number of rotatable bonds is 10. The van der Waals surface area contributed by atoms with E-state index in [-0.39, 0.29) is 5.91 Å². The number of piperazine rings is 1. The highest BCUT2D eigenvalue weighted by Crippen LogP contribution is 2.28. The van der Waals surface area contributed by atoms with E-state index in [1.54, 1.807) is 24.3 Å². The Morgan fingerprint density at radius 3 is 2.19 bits per heavy atom. The Hall–Kier alpha value is -3.26. The smallest absolute Gasteiger partial charge is 0.341 e. The van der Waals surface area contributed by atoms with Gasteiger partial charge in [-0.05, 0) is 79.8 Å². The van der Waals surface area contributed by atoms with Crippen molar-refractivity contribution in [3.63, 3.8) is 0 Å². The second-order valence-electron chi connectivity index (χ2n) is 10.7. The fourth-order valence-electron chi connectivity index (χ4n) is 5.16. The van der Waals surface area contributed by atoms with Crippen molar-refractivity contribution in [3.05, 3.63) is 54.1 Å². The fourth-order valence-corrected chi connectivity index (χ4v) is 5.16. The largest absolute Gasteiger partial charge is 0.494 e. The van der Waals surface area contributed by atoms with Crippen LogP contribution in [0.15, 0.2) is 48.5 Å². The Bertz CT molecular complexity index is 1030. The van der Waals surface area contributed by atoms with Crippen molar-refractivity contribution in [3.8, 4) is 11.5 Å². The molecule has 2 fully saturated rings. The molecule has 0 atom stereocenters. The van der Waals surface area contributed by atoms with E-state index in [2.05, 4.69) is 35.8 Å². The molecule has 200 valence electrons. The number of piperidine rings is 1. The van der Waals surface area contributed by atoms with Gasteiger partial charge in [0.15, 0.2) is 6.61 Å². The zero-order chi connectivity index (χ0) is 26.3. The van der Waals surface area contributed by atoms with Crippen LogP contribution in [-0.2, 0) is 4.79 Å². The minimum Gasteiger partial charge on any atom is -0.494 e. The van der Waals surface area contributed by atoms with Gasteiger partial charge in [-0.15, -0.1) is 0 Å². The van der Waals surface area contributed by atoms with Gasteiger partial charge in [-0.1, -0.05) is 13.8 Å². The van der Waals surface area contributed by atoms with Crippen molar-refractivity contribution in [2.75, 3.05) is 63.9 Å². The molecule has 8 nitrogen and oxygen atoms in total. The summed E-state index contributed by atoms with van der Waals surface area (Å²) in [7, 11) is 0. The zero-order valence-electron chi connectivity index (χ0n) is 22.0. The summed E-state index contributed by atoms with van der Waals surface area (Å²) in [6, 6.07) is 14.9. The molecule has 4 rings (SSSR count). The summed E-state index contributed by atoms with van der Waals surface area (Å²) in [5.41, 5.74) is 2.13. The number of aliphatic carboxylic acids is 1. The molecule has 0 aromatic heterocycles. The highest BCUT2D eigenvalue weighted by Gasteiger charge is 2.26. The number of nitrogens with zero attached hydrogens (tertiary/aromatic N) is 3. The van der Waals surface area contributed by atoms with Crippen molar-refractivity contribution in [2.45, 2.75) is 33.1 Å². The Balaban J connectivity index is 1.18. The van der Waals surface area contributed by atoms with Crippen molar-refractivity contribution in [1.82, 2.24) is 9.80 Å². The van der Waals surface area contributed by atoms with Crippen LogP contribution in [-0.4, -0.2) is 85.8 Å².